The Morgan fingerprint density at radius 3 is 2.77 bits per heavy atom. The first kappa shape index (κ1) is 23.2. The molecule has 3 N–H and O–H groups in total. The minimum atomic E-state index is -1.60. The Bertz CT molecular complexity index is 1310. The lowest BCUT2D eigenvalue weighted by Crippen LogP contribution is -2.49. The van der Waals surface area contributed by atoms with Crippen molar-refractivity contribution in [2.45, 2.75) is 63.8 Å². The second-order valence-electron chi connectivity index (χ2n) is 10.5. The van der Waals surface area contributed by atoms with Crippen molar-refractivity contribution < 1.29 is 14.3 Å². The van der Waals surface area contributed by atoms with E-state index in [-0.39, 0.29) is 12.6 Å². The van der Waals surface area contributed by atoms with Crippen molar-refractivity contribution in [2.75, 3.05) is 11.9 Å². The van der Waals surface area contributed by atoms with Crippen LogP contribution < -0.4 is 10.6 Å². The third-order valence-corrected chi connectivity index (χ3v) is 7.38. The van der Waals surface area contributed by atoms with Gasteiger partial charge in [0.05, 0.1) is 52.1 Å². The first-order valence-electron chi connectivity index (χ1n) is 12.0. The van der Waals surface area contributed by atoms with Gasteiger partial charge >= 0.3 is 0 Å². The van der Waals surface area contributed by atoms with Crippen molar-refractivity contribution >= 4 is 17.1 Å². The normalized spacial score (nSPS) is 17.9. The van der Waals surface area contributed by atoms with Crippen molar-refractivity contribution in [1.29, 1.82) is 5.26 Å². The zero-order valence-electron chi connectivity index (χ0n) is 19.9. The molecular weight excluding hydrogens is 447 g/mol. The van der Waals surface area contributed by atoms with Gasteiger partial charge in [-0.3, -0.25) is 9.78 Å². The lowest BCUT2D eigenvalue weighted by Gasteiger charge is -2.54. The Morgan fingerprint density at radius 2 is 2.11 bits per heavy atom. The number of aromatic nitrogens is 3. The lowest BCUT2D eigenvalue weighted by molar-refractivity contribution is -0.00177. The van der Waals surface area contributed by atoms with Gasteiger partial charge in [-0.1, -0.05) is 6.42 Å². The number of hydrogen-bond acceptors (Lipinski definition) is 6. The van der Waals surface area contributed by atoms with Gasteiger partial charge in [0.15, 0.2) is 0 Å². The van der Waals surface area contributed by atoms with E-state index < -0.39 is 17.7 Å². The van der Waals surface area contributed by atoms with Crippen molar-refractivity contribution in [3.63, 3.8) is 0 Å². The number of anilines is 1. The van der Waals surface area contributed by atoms with E-state index >= 15 is 0 Å². The molecule has 3 heterocycles. The van der Waals surface area contributed by atoms with Crippen LogP contribution in [0.1, 0.15) is 61.9 Å². The van der Waals surface area contributed by atoms with E-state index in [9.17, 15) is 14.3 Å². The minimum Gasteiger partial charge on any atom is -0.387 e. The molecule has 1 atom stereocenters. The molecule has 1 spiro atoms. The van der Waals surface area contributed by atoms with Gasteiger partial charge < -0.3 is 15.7 Å². The number of hydrogen-bond donors (Lipinski definition) is 3. The topological polar surface area (TPSA) is 115 Å². The summed E-state index contributed by atoms with van der Waals surface area (Å²) in [6.07, 6.45) is 7.35. The molecule has 2 saturated carbocycles. The lowest BCUT2D eigenvalue weighted by atomic mass is 9.54. The highest BCUT2D eigenvalue weighted by Crippen LogP contribution is 2.56. The van der Waals surface area contributed by atoms with E-state index in [4.69, 9.17) is 5.26 Å². The number of halogens is 1. The molecule has 9 heteroatoms. The van der Waals surface area contributed by atoms with E-state index in [0.29, 0.717) is 27.9 Å². The fraction of sp³-hybridized carbons (Fsp3) is 0.462. The highest BCUT2D eigenvalue weighted by atomic mass is 19.1. The minimum absolute atomic E-state index is 0.266. The summed E-state index contributed by atoms with van der Waals surface area (Å²) in [6.45, 7) is 2.44. The van der Waals surface area contributed by atoms with Crippen LogP contribution in [0.2, 0.25) is 0 Å². The number of carbonyl (C=O) groups excluding carboxylic acids is 1. The Kier molecular flexibility index (Phi) is 5.72. The summed E-state index contributed by atoms with van der Waals surface area (Å²) in [5.74, 6) is -0.451. The number of nitrogens with zero attached hydrogens (tertiary/aromatic N) is 4. The molecule has 2 aliphatic carbocycles. The Morgan fingerprint density at radius 1 is 1.34 bits per heavy atom. The number of aliphatic hydroxyl groups is 1. The second-order valence-corrected chi connectivity index (χ2v) is 10.5. The van der Waals surface area contributed by atoms with Crippen molar-refractivity contribution in [3.8, 4) is 17.5 Å². The van der Waals surface area contributed by atoms with Crippen LogP contribution in [0.4, 0.5) is 10.1 Å². The van der Waals surface area contributed by atoms with Crippen LogP contribution in [0.5, 0.6) is 0 Å². The fourth-order valence-corrected chi connectivity index (χ4v) is 5.07. The SMILES string of the molecule is CC(C)(O)[C@H](F)CNC(=O)c1cnc(-c2ccc3cc(C#N)cnn23)cc1NC1CC2(CCC2)C1. The van der Waals surface area contributed by atoms with Crippen LogP contribution in [0.15, 0.2) is 36.7 Å². The molecule has 35 heavy (non-hydrogen) atoms. The van der Waals surface area contributed by atoms with E-state index in [1.165, 1.54) is 45.5 Å². The Labute approximate surface area is 203 Å². The van der Waals surface area contributed by atoms with Crippen LogP contribution in [0.25, 0.3) is 16.9 Å². The summed E-state index contributed by atoms with van der Waals surface area (Å²) in [6, 6.07) is 9.67. The fourth-order valence-electron chi connectivity index (χ4n) is 5.07. The summed E-state index contributed by atoms with van der Waals surface area (Å²) < 4.78 is 15.9. The van der Waals surface area contributed by atoms with Gasteiger partial charge in [0, 0.05) is 12.2 Å². The first-order valence-corrected chi connectivity index (χ1v) is 12.0. The molecule has 0 aliphatic heterocycles. The van der Waals surface area contributed by atoms with Gasteiger partial charge in [-0.15, -0.1) is 0 Å². The number of nitrogens with one attached hydrogen (secondary N) is 2. The quantitative estimate of drug-likeness (QED) is 0.477. The maximum Gasteiger partial charge on any atom is 0.255 e. The van der Waals surface area contributed by atoms with Crippen LogP contribution in [-0.4, -0.2) is 50.0 Å². The molecule has 2 fully saturated rings. The van der Waals surface area contributed by atoms with Crippen molar-refractivity contribution in [3.05, 3.63) is 47.8 Å². The number of nitriles is 1. The first-order chi connectivity index (χ1) is 16.7. The molecular formula is C26H29FN6O2. The standard InChI is InChI=1S/C26H29FN6O2/c1-25(2,35)23(27)15-30-24(34)19-14-29-21(9-20(19)32-17-10-26(11-17)6-3-7-26)22-5-4-18-8-16(12-28)13-31-33(18)22/h4-5,8-9,13-14,17,23,35H,3,6-7,10-11,15H2,1-2H3,(H,29,32)(H,30,34)/t23-/m1/s1. The molecule has 5 rings (SSSR count). The molecule has 182 valence electrons. The second kappa shape index (κ2) is 8.61. The zero-order chi connectivity index (χ0) is 24.8. The summed E-state index contributed by atoms with van der Waals surface area (Å²) in [4.78, 5) is 17.5. The van der Waals surface area contributed by atoms with Gasteiger partial charge in [0.25, 0.3) is 5.91 Å². The van der Waals surface area contributed by atoms with Gasteiger partial charge in [-0.25, -0.2) is 8.91 Å². The monoisotopic (exact) mass is 476 g/mol. The van der Waals surface area contributed by atoms with Crippen LogP contribution in [0, 0.1) is 16.7 Å². The highest BCUT2D eigenvalue weighted by molar-refractivity contribution is 6.00. The average Bonchev–Trinajstić information content (AvgIpc) is 3.20. The van der Waals surface area contributed by atoms with E-state index in [1.807, 2.05) is 18.2 Å². The largest absolute Gasteiger partial charge is 0.387 e. The molecule has 3 aromatic rings. The summed E-state index contributed by atoms with van der Waals surface area (Å²) in [5.41, 5.74) is 2.47. The molecule has 0 radical (unpaired) electrons. The number of pyridine rings is 1. The number of alkyl halides is 1. The molecule has 8 nitrogen and oxygen atoms in total. The number of rotatable bonds is 7. The molecule has 2 aliphatic rings. The van der Waals surface area contributed by atoms with Gasteiger partial charge in [-0.2, -0.15) is 10.4 Å². The van der Waals surface area contributed by atoms with E-state index in [1.54, 1.807) is 10.6 Å². The molecule has 0 saturated heterocycles. The zero-order valence-corrected chi connectivity index (χ0v) is 19.9. The Balaban J connectivity index is 1.43. The maximum absolute atomic E-state index is 14.2. The Hall–Kier alpha value is -3.51. The van der Waals surface area contributed by atoms with Gasteiger partial charge in [0.2, 0.25) is 0 Å². The predicted octanol–water partition coefficient (Wildman–Crippen LogP) is 3.85. The van der Waals surface area contributed by atoms with E-state index in [2.05, 4.69) is 26.8 Å². The summed E-state index contributed by atoms with van der Waals surface area (Å²) in [7, 11) is 0. The number of amides is 1. The summed E-state index contributed by atoms with van der Waals surface area (Å²) in [5, 5.41) is 29.5. The predicted molar refractivity (Wildman–Crippen MR) is 130 cm³/mol. The number of fused-ring (bicyclic) bond motifs is 1. The summed E-state index contributed by atoms with van der Waals surface area (Å²) >= 11 is 0. The van der Waals surface area contributed by atoms with Crippen molar-refractivity contribution in [2.24, 2.45) is 5.41 Å². The van der Waals surface area contributed by atoms with E-state index in [0.717, 1.165) is 24.1 Å². The number of carbonyl (C=O) groups is 1. The van der Waals surface area contributed by atoms with Crippen molar-refractivity contribution in [1.82, 2.24) is 19.9 Å². The smallest absolute Gasteiger partial charge is 0.255 e. The molecule has 0 unspecified atom stereocenters. The molecule has 1 amide bonds. The maximum atomic E-state index is 14.2. The van der Waals surface area contributed by atoms with Crippen LogP contribution >= 0.6 is 0 Å². The molecule has 3 aromatic heterocycles. The third-order valence-electron chi connectivity index (χ3n) is 7.38. The molecule has 0 bridgehead atoms. The van der Waals surface area contributed by atoms with Crippen LogP contribution in [-0.2, 0) is 0 Å². The van der Waals surface area contributed by atoms with Gasteiger partial charge in [-0.05, 0) is 69.2 Å². The third kappa shape index (κ3) is 4.46. The highest BCUT2D eigenvalue weighted by Gasteiger charge is 2.48. The van der Waals surface area contributed by atoms with Crippen LogP contribution in [0.3, 0.4) is 0 Å². The van der Waals surface area contributed by atoms with Gasteiger partial charge in [0.1, 0.15) is 12.2 Å². The molecule has 0 aromatic carbocycles. The average molecular weight is 477 g/mol.